The van der Waals surface area contributed by atoms with Gasteiger partial charge in [-0.25, -0.2) is 0 Å². The molecule has 1 saturated heterocycles. The van der Waals surface area contributed by atoms with Gasteiger partial charge in [0.1, 0.15) is 11.5 Å². The molecule has 3 aromatic rings. The number of rotatable bonds is 7. The first kappa shape index (κ1) is 23.8. The number of carbonyl (C=O) groups excluding carboxylic acids is 2. The third-order valence-corrected chi connectivity index (χ3v) is 6.33. The molecule has 1 aliphatic rings. The van der Waals surface area contributed by atoms with Crippen molar-refractivity contribution in [2.45, 2.75) is 0 Å². The van der Waals surface area contributed by atoms with Gasteiger partial charge in [0.25, 0.3) is 11.8 Å². The molecule has 3 aromatic carbocycles. The highest BCUT2D eigenvalue weighted by Gasteiger charge is 2.33. The monoisotopic (exact) mass is 510 g/mol. The Morgan fingerprint density at radius 2 is 1.82 bits per heavy atom. The number of ether oxygens (including phenoxy) is 2. The van der Waals surface area contributed by atoms with Gasteiger partial charge < -0.3 is 14.8 Å². The summed E-state index contributed by atoms with van der Waals surface area (Å²) in [5, 5.41) is 3.33. The molecule has 4 rings (SSSR count). The van der Waals surface area contributed by atoms with E-state index in [2.05, 4.69) is 5.32 Å². The number of methoxy groups -OCH3 is 1. The number of hydrogen-bond acceptors (Lipinski definition) is 6. The summed E-state index contributed by atoms with van der Waals surface area (Å²) >= 11 is 12.5. The fraction of sp³-hybridized carbons (Fsp3) is 0.0800. The Morgan fingerprint density at radius 3 is 2.53 bits per heavy atom. The Kier molecular flexibility index (Phi) is 7.52. The molecule has 0 bridgehead atoms. The van der Waals surface area contributed by atoms with E-state index in [0.29, 0.717) is 37.1 Å². The van der Waals surface area contributed by atoms with Gasteiger partial charge >= 0.3 is 0 Å². The lowest BCUT2D eigenvalue weighted by Gasteiger charge is -2.14. The van der Waals surface area contributed by atoms with Gasteiger partial charge in [-0.15, -0.1) is 0 Å². The number of benzene rings is 3. The second-order valence-corrected chi connectivity index (χ2v) is 9.24. The second kappa shape index (κ2) is 10.7. The largest absolute Gasteiger partial charge is 0.497 e. The average Bonchev–Trinajstić information content (AvgIpc) is 3.12. The van der Waals surface area contributed by atoms with Crippen LogP contribution in [0.2, 0.25) is 5.02 Å². The van der Waals surface area contributed by atoms with Crippen LogP contribution in [0.3, 0.4) is 0 Å². The highest BCUT2D eigenvalue weighted by molar-refractivity contribution is 8.27. The Morgan fingerprint density at radius 1 is 1.09 bits per heavy atom. The Bertz CT molecular complexity index is 1260. The van der Waals surface area contributed by atoms with Crippen LogP contribution in [0.15, 0.2) is 77.7 Å². The van der Waals surface area contributed by atoms with Gasteiger partial charge in [-0.1, -0.05) is 47.7 Å². The molecular formula is C25H19ClN2O4S2. The summed E-state index contributed by atoms with van der Waals surface area (Å²) in [7, 11) is 1.58. The Labute approximate surface area is 211 Å². The average molecular weight is 511 g/mol. The van der Waals surface area contributed by atoms with E-state index in [0.717, 1.165) is 5.56 Å². The number of amides is 2. The smallest absolute Gasteiger partial charge is 0.270 e. The zero-order valence-corrected chi connectivity index (χ0v) is 20.4. The fourth-order valence-corrected chi connectivity index (χ4v) is 4.57. The van der Waals surface area contributed by atoms with Gasteiger partial charge in [0.15, 0.2) is 10.9 Å². The van der Waals surface area contributed by atoms with E-state index in [1.165, 1.54) is 16.7 Å². The summed E-state index contributed by atoms with van der Waals surface area (Å²) < 4.78 is 11.2. The van der Waals surface area contributed by atoms with Gasteiger partial charge in [0, 0.05) is 10.7 Å². The van der Waals surface area contributed by atoms with Crippen LogP contribution in [0, 0.1) is 0 Å². The maximum Gasteiger partial charge on any atom is 0.270 e. The normalized spacial score (nSPS) is 14.4. The second-order valence-electron chi connectivity index (χ2n) is 7.13. The van der Waals surface area contributed by atoms with E-state index in [-0.39, 0.29) is 18.4 Å². The molecule has 0 spiro atoms. The van der Waals surface area contributed by atoms with Crippen molar-refractivity contribution >= 4 is 69.2 Å². The lowest BCUT2D eigenvalue weighted by Crippen LogP contribution is -2.27. The first-order chi connectivity index (χ1) is 16.4. The maximum absolute atomic E-state index is 13.0. The van der Waals surface area contributed by atoms with Crippen LogP contribution in [0.25, 0.3) is 6.08 Å². The van der Waals surface area contributed by atoms with Crippen LogP contribution in [-0.4, -0.2) is 29.9 Å². The zero-order chi connectivity index (χ0) is 24.1. The van der Waals surface area contributed by atoms with Crippen molar-refractivity contribution in [1.82, 2.24) is 0 Å². The molecule has 172 valence electrons. The molecule has 6 nitrogen and oxygen atoms in total. The third kappa shape index (κ3) is 5.77. The Hall–Kier alpha value is -3.33. The van der Waals surface area contributed by atoms with E-state index in [9.17, 15) is 9.59 Å². The molecule has 0 aliphatic carbocycles. The molecule has 1 N–H and O–H groups in total. The highest BCUT2D eigenvalue weighted by Crippen LogP contribution is 2.36. The van der Waals surface area contributed by atoms with Crippen molar-refractivity contribution < 1.29 is 19.1 Å². The van der Waals surface area contributed by atoms with Gasteiger partial charge in [-0.2, -0.15) is 0 Å². The molecular weight excluding hydrogens is 492 g/mol. The fourth-order valence-electron chi connectivity index (χ4n) is 3.15. The lowest BCUT2D eigenvalue weighted by molar-refractivity contribution is -0.118. The van der Waals surface area contributed by atoms with Crippen LogP contribution in [0.1, 0.15) is 5.56 Å². The number of hydrogen-bond donors (Lipinski definition) is 1. The van der Waals surface area contributed by atoms with Crippen molar-refractivity contribution in [3.8, 4) is 11.5 Å². The molecule has 1 heterocycles. The number of thioether (sulfide) groups is 1. The van der Waals surface area contributed by atoms with E-state index in [4.69, 9.17) is 33.3 Å². The molecule has 0 unspecified atom stereocenters. The summed E-state index contributed by atoms with van der Waals surface area (Å²) in [6.45, 7) is -0.161. The van der Waals surface area contributed by atoms with Gasteiger partial charge in [0.2, 0.25) is 0 Å². The van der Waals surface area contributed by atoms with E-state index < -0.39 is 0 Å². The molecule has 1 fully saturated rings. The summed E-state index contributed by atoms with van der Waals surface area (Å²) in [5.74, 6) is 0.705. The minimum atomic E-state index is -0.298. The minimum absolute atomic E-state index is 0.161. The minimum Gasteiger partial charge on any atom is -0.497 e. The lowest BCUT2D eigenvalue weighted by atomic mass is 10.2. The molecule has 2 amide bonds. The Balaban J connectivity index is 1.41. The molecule has 0 saturated carbocycles. The van der Waals surface area contributed by atoms with Gasteiger partial charge in [0.05, 0.1) is 17.7 Å². The number of halogens is 1. The molecule has 34 heavy (non-hydrogen) atoms. The number of anilines is 2. The number of thiocarbonyl (C=S) groups is 1. The van der Waals surface area contributed by atoms with Crippen molar-refractivity contribution in [3.63, 3.8) is 0 Å². The number of carbonyl (C=O) groups is 2. The van der Waals surface area contributed by atoms with Crippen LogP contribution in [0.4, 0.5) is 11.4 Å². The summed E-state index contributed by atoms with van der Waals surface area (Å²) in [6.07, 6.45) is 1.75. The van der Waals surface area contributed by atoms with Crippen LogP contribution < -0.4 is 19.7 Å². The number of nitrogens with zero attached hydrogens (tertiary/aromatic N) is 1. The number of nitrogens with one attached hydrogen (secondary N) is 1. The van der Waals surface area contributed by atoms with Crippen molar-refractivity contribution in [1.29, 1.82) is 0 Å². The van der Waals surface area contributed by atoms with Crippen LogP contribution >= 0.6 is 35.6 Å². The molecule has 0 radical (unpaired) electrons. The summed E-state index contributed by atoms with van der Waals surface area (Å²) in [4.78, 5) is 27.2. The van der Waals surface area contributed by atoms with E-state index in [1.54, 1.807) is 79.9 Å². The third-order valence-electron chi connectivity index (χ3n) is 4.78. The van der Waals surface area contributed by atoms with Crippen LogP contribution in [0.5, 0.6) is 11.5 Å². The quantitative estimate of drug-likeness (QED) is 0.321. The predicted octanol–water partition coefficient (Wildman–Crippen LogP) is 5.77. The van der Waals surface area contributed by atoms with Gasteiger partial charge in [-0.3, -0.25) is 14.5 Å². The summed E-state index contributed by atoms with van der Waals surface area (Å²) in [5.41, 5.74) is 2.06. The molecule has 0 aromatic heterocycles. The van der Waals surface area contributed by atoms with Crippen molar-refractivity contribution in [3.05, 3.63) is 88.3 Å². The van der Waals surface area contributed by atoms with Crippen molar-refractivity contribution in [2.24, 2.45) is 0 Å². The topological polar surface area (TPSA) is 67.9 Å². The van der Waals surface area contributed by atoms with Gasteiger partial charge in [-0.05, 0) is 72.3 Å². The zero-order valence-electron chi connectivity index (χ0n) is 18.0. The van der Waals surface area contributed by atoms with E-state index in [1.807, 2.05) is 6.07 Å². The van der Waals surface area contributed by atoms with Crippen molar-refractivity contribution in [2.75, 3.05) is 23.9 Å². The SMILES string of the molecule is COc1ccc(N2C(=O)/C(=C/c3cccc(OCC(=O)Nc4ccc(Cl)cc4)c3)SC2=S)cc1. The van der Waals surface area contributed by atoms with Crippen LogP contribution in [-0.2, 0) is 9.59 Å². The molecule has 1 aliphatic heterocycles. The highest BCUT2D eigenvalue weighted by atomic mass is 35.5. The summed E-state index contributed by atoms with van der Waals surface area (Å²) in [6, 6.07) is 21.1. The first-order valence-corrected chi connectivity index (χ1v) is 11.7. The molecule has 9 heteroatoms. The van der Waals surface area contributed by atoms with E-state index >= 15 is 0 Å². The predicted molar refractivity (Wildman–Crippen MR) is 141 cm³/mol. The molecule has 0 atom stereocenters. The standard InChI is InChI=1S/C25H19ClN2O4S2/c1-31-20-11-9-19(10-12-20)28-24(30)22(34-25(28)33)14-16-3-2-4-21(13-16)32-15-23(29)27-18-7-5-17(26)6-8-18/h2-14H,15H2,1H3,(H,27,29)/b22-14-. The first-order valence-electron chi connectivity index (χ1n) is 10.1. The maximum atomic E-state index is 13.0.